The number of aromatic carboxylic acids is 1. The smallest absolute Gasteiger partial charge is 0.346 e. The number of nitrogens with zero attached hydrogens (tertiary/aromatic N) is 1. The van der Waals surface area contributed by atoms with Gasteiger partial charge in [0.2, 0.25) is 0 Å². The molecule has 102 valence electrons. The molecule has 0 fully saturated rings. The highest BCUT2D eigenvalue weighted by Crippen LogP contribution is 2.28. The molecular weight excluding hydrogens is 274 g/mol. The molecule has 0 aliphatic rings. The Morgan fingerprint density at radius 3 is 2.44 bits per heavy atom. The number of hydrogen-bond acceptors (Lipinski definition) is 4. The highest BCUT2D eigenvalue weighted by atomic mass is 32.2. The SMILES string of the molecule is Cc1cc(S(=O)(=O)N(C)CC(C)C)sc1C(=O)O. The predicted molar refractivity (Wildman–Crippen MR) is 70.7 cm³/mol. The number of aryl methyl sites for hydroxylation is 1. The van der Waals surface area contributed by atoms with E-state index < -0.39 is 16.0 Å². The summed E-state index contributed by atoms with van der Waals surface area (Å²) in [4.78, 5) is 11.0. The minimum Gasteiger partial charge on any atom is -0.477 e. The fraction of sp³-hybridized carbons (Fsp3) is 0.545. The second-order valence-corrected chi connectivity index (χ2v) is 7.89. The van der Waals surface area contributed by atoms with Crippen LogP contribution in [0.1, 0.15) is 29.1 Å². The standard InChI is InChI=1S/C11H17NO4S2/c1-7(2)6-12(4)18(15,16)9-5-8(3)10(17-9)11(13)14/h5,7H,6H2,1-4H3,(H,13,14). The number of carbonyl (C=O) groups is 1. The average molecular weight is 291 g/mol. The molecule has 1 aromatic heterocycles. The molecule has 0 aliphatic heterocycles. The Balaban J connectivity index is 3.13. The van der Waals surface area contributed by atoms with Gasteiger partial charge in [0.15, 0.2) is 0 Å². The normalized spacial score (nSPS) is 12.3. The lowest BCUT2D eigenvalue weighted by atomic mass is 10.2. The van der Waals surface area contributed by atoms with Gasteiger partial charge in [-0.1, -0.05) is 13.8 Å². The summed E-state index contributed by atoms with van der Waals surface area (Å²) in [5.74, 6) is -0.879. The second-order valence-electron chi connectivity index (χ2n) is 4.56. The average Bonchev–Trinajstić information content (AvgIpc) is 2.59. The quantitative estimate of drug-likeness (QED) is 0.900. The summed E-state index contributed by atoms with van der Waals surface area (Å²) < 4.78 is 25.7. The first-order chi connectivity index (χ1) is 8.16. The van der Waals surface area contributed by atoms with Crippen molar-refractivity contribution in [1.29, 1.82) is 0 Å². The van der Waals surface area contributed by atoms with Crippen LogP contribution in [0.4, 0.5) is 0 Å². The van der Waals surface area contributed by atoms with E-state index in [0.29, 0.717) is 12.1 Å². The number of carboxylic acids is 1. The molecule has 0 aliphatic carbocycles. The van der Waals surface area contributed by atoms with Crippen molar-refractivity contribution >= 4 is 27.3 Å². The van der Waals surface area contributed by atoms with Crippen molar-refractivity contribution in [2.45, 2.75) is 25.0 Å². The molecule has 18 heavy (non-hydrogen) atoms. The number of sulfonamides is 1. The van der Waals surface area contributed by atoms with E-state index in [1.54, 1.807) is 6.92 Å². The molecule has 0 unspecified atom stereocenters. The largest absolute Gasteiger partial charge is 0.477 e. The van der Waals surface area contributed by atoms with E-state index in [0.717, 1.165) is 11.3 Å². The molecule has 1 heterocycles. The van der Waals surface area contributed by atoms with Crippen molar-refractivity contribution < 1.29 is 18.3 Å². The van der Waals surface area contributed by atoms with Crippen LogP contribution in [0.25, 0.3) is 0 Å². The van der Waals surface area contributed by atoms with E-state index in [9.17, 15) is 13.2 Å². The molecule has 7 heteroatoms. The van der Waals surface area contributed by atoms with Crippen molar-refractivity contribution in [1.82, 2.24) is 4.31 Å². The highest BCUT2D eigenvalue weighted by molar-refractivity contribution is 7.91. The van der Waals surface area contributed by atoms with E-state index >= 15 is 0 Å². The summed E-state index contributed by atoms with van der Waals surface area (Å²) in [5, 5.41) is 8.93. The maximum absolute atomic E-state index is 12.2. The van der Waals surface area contributed by atoms with Crippen LogP contribution in [0.3, 0.4) is 0 Å². The van der Waals surface area contributed by atoms with Gasteiger partial charge in [0.25, 0.3) is 10.0 Å². The van der Waals surface area contributed by atoms with Crippen LogP contribution < -0.4 is 0 Å². The summed E-state index contributed by atoms with van der Waals surface area (Å²) in [6.45, 7) is 5.85. The van der Waals surface area contributed by atoms with Crippen molar-refractivity contribution in [3.8, 4) is 0 Å². The van der Waals surface area contributed by atoms with Crippen LogP contribution in [0, 0.1) is 12.8 Å². The van der Waals surface area contributed by atoms with Gasteiger partial charge >= 0.3 is 5.97 Å². The molecule has 1 N–H and O–H groups in total. The highest BCUT2D eigenvalue weighted by Gasteiger charge is 2.26. The Kier molecular flexibility index (Phi) is 4.52. The first kappa shape index (κ1) is 15.1. The molecule has 0 saturated heterocycles. The van der Waals surface area contributed by atoms with Crippen molar-refractivity contribution in [3.63, 3.8) is 0 Å². The summed E-state index contributed by atoms with van der Waals surface area (Å²) >= 11 is 0.801. The zero-order valence-electron chi connectivity index (χ0n) is 10.8. The fourth-order valence-corrected chi connectivity index (χ4v) is 4.48. The monoisotopic (exact) mass is 291 g/mol. The Morgan fingerprint density at radius 1 is 1.50 bits per heavy atom. The summed E-state index contributed by atoms with van der Waals surface area (Å²) in [5.41, 5.74) is 0.476. The van der Waals surface area contributed by atoms with Crippen LogP contribution in [0.15, 0.2) is 10.3 Å². The van der Waals surface area contributed by atoms with Crippen LogP contribution in [-0.2, 0) is 10.0 Å². The molecule has 0 amide bonds. The Bertz CT molecular complexity index is 545. The minimum absolute atomic E-state index is 0.0755. The van der Waals surface area contributed by atoms with Gasteiger partial charge in [-0.25, -0.2) is 13.2 Å². The van der Waals surface area contributed by atoms with Gasteiger partial charge in [-0.3, -0.25) is 0 Å². The minimum atomic E-state index is -3.58. The van der Waals surface area contributed by atoms with E-state index in [4.69, 9.17) is 5.11 Å². The summed E-state index contributed by atoms with van der Waals surface area (Å²) in [6, 6.07) is 1.42. The van der Waals surface area contributed by atoms with Gasteiger partial charge in [0, 0.05) is 13.6 Å². The number of carboxylic acid groups (broad SMARTS) is 1. The van der Waals surface area contributed by atoms with Crippen LogP contribution in [-0.4, -0.2) is 37.4 Å². The zero-order valence-corrected chi connectivity index (χ0v) is 12.4. The van der Waals surface area contributed by atoms with Gasteiger partial charge in [-0.2, -0.15) is 4.31 Å². The lowest BCUT2D eigenvalue weighted by molar-refractivity contribution is 0.0701. The molecule has 0 aromatic carbocycles. The molecule has 0 saturated carbocycles. The molecule has 0 radical (unpaired) electrons. The molecule has 0 atom stereocenters. The van der Waals surface area contributed by atoms with Gasteiger partial charge < -0.3 is 5.11 Å². The van der Waals surface area contributed by atoms with E-state index in [-0.39, 0.29) is 15.0 Å². The Hall–Kier alpha value is -0.920. The summed E-state index contributed by atoms with van der Waals surface area (Å²) in [6.07, 6.45) is 0. The van der Waals surface area contributed by atoms with Crippen molar-refractivity contribution in [3.05, 3.63) is 16.5 Å². The van der Waals surface area contributed by atoms with Crippen molar-refractivity contribution in [2.75, 3.05) is 13.6 Å². The molecule has 1 rings (SSSR count). The van der Waals surface area contributed by atoms with E-state index in [1.165, 1.54) is 17.4 Å². The van der Waals surface area contributed by atoms with Crippen molar-refractivity contribution in [2.24, 2.45) is 5.92 Å². The van der Waals surface area contributed by atoms with E-state index in [1.807, 2.05) is 13.8 Å². The Labute approximate surface area is 111 Å². The fourth-order valence-electron chi connectivity index (χ4n) is 1.56. The lowest BCUT2D eigenvalue weighted by Crippen LogP contribution is -2.29. The zero-order chi connectivity index (χ0) is 14.1. The number of rotatable bonds is 5. The molecular formula is C11H17NO4S2. The molecule has 1 aromatic rings. The lowest BCUT2D eigenvalue weighted by Gasteiger charge is -2.17. The third-order valence-electron chi connectivity index (χ3n) is 2.38. The third kappa shape index (κ3) is 3.09. The van der Waals surface area contributed by atoms with Gasteiger partial charge in [-0.15, -0.1) is 11.3 Å². The maximum Gasteiger partial charge on any atom is 0.346 e. The topological polar surface area (TPSA) is 74.7 Å². The van der Waals surface area contributed by atoms with Gasteiger partial charge in [0.05, 0.1) is 0 Å². The van der Waals surface area contributed by atoms with E-state index in [2.05, 4.69) is 0 Å². The summed E-state index contributed by atoms with van der Waals surface area (Å²) in [7, 11) is -2.08. The molecule has 0 spiro atoms. The number of thiophene rings is 1. The first-order valence-electron chi connectivity index (χ1n) is 5.46. The Morgan fingerprint density at radius 2 is 2.06 bits per heavy atom. The predicted octanol–water partition coefficient (Wildman–Crippen LogP) is 2.03. The molecule has 0 bridgehead atoms. The third-order valence-corrected chi connectivity index (χ3v) is 5.87. The van der Waals surface area contributed by atoms with Gasteiger partial charge in [-0.05, 0) is 24.5 Å². The van der Waals surface area contributed by atoms with Crippen LogP contribution >= 0.6 is 11.3 Å². The first-order valence-corrected chi connectivity index (χ1v) is 7.72. The van der Waals surface area contributed by atoms with Crippen LogP contribution in [0.2, 0.25) is 0 Å². The number of hydrogen-bond donors (Lipinski definition) is 1. The van der Waals surface area contributed by atoms with Gasteiger partial charge in [0.1, 0.15) is 9.09 Å². The second kappa shape index (κ2) is 5.38. The maximum atomic E-state index is 12.2. The molecule has 5 nitrogen and oxygen atoms in total. The van der Waals surface area contributed by atoms with Crippen LogP contribution in [0.5, 0.6) is 0 Å².